The fourth-order valence-electron chi connectivity index (χ4n) is 1.05. The minimum absolute atomic E-state index is 0.164. The maximum absolute atomic E-state index is 4.31. The Labute approximate surface area is 94.5 Å². The van der Waals surface area contributed by atoms with Crippen molar-refractivity contribution in [3.8, 4) is 0 Å². The molecule has 0 spiro atoms. The van der Waals surface area contributed by atoms with E-state index in [0.717, 1.165) is 17.6 Å². The predicted octanol–water partition coefficient (Wildman–Crippen LogP) is 2.69. The lowest BCUT2D eigenvalue weighted by molar-refractivity contribution is 0.171. The highest BCUT2D eigenvalue weighted by molar-refractivity contribution is 9.09. The zero-order valence-electron chi connectivity index (χ0n) is 9.00. The Bertz CT molecular complexity index is 272. The SMILES string of the molecule is CN(Cc1ccccn1)C(C)(C)CBr. The number of pyridine rings is 1. The van der Waals surface area contributed by atoms with Gasteiger partial charge in [0.25, 0.3) is 0 Å². The molecule has 3 heteroatoms. The number of aromatic nitrogens is 1. The highest BCUT2D eigenvalue weighted by Crippen LogP contribution is 2.17. The highest BCUT2D eigenvalue weighted by atomic mass is 79.9. The van der Waals surface area contributed by atoms with Crippen molar-refractivity contribution in [3.63, 3.8) is 0 Å². The summed E-state index contributed by atoms with van der Waals surface area (Å²) in [5.74, 6) is 0. The maximum atomic E-state index is 4.31. The Morgan fingerprint density at radius 2 is 2.14 bits per heavy atom. The average Bonchev–Trinajstić information content (AvgIpc) is 2.19. The summed E-state index contributed by atoms with van der Waals surface area (Å²) < 4.78 is 0. The van der Waals surface area contributed by atoms with Gasteiger partial charge in [-0.2, -0.15) is 0 Å². The topological polar surface area (TPSA) is 16.1 Å². The van der Waals surface area contributed by atoms with E-state index in [0.29, 0.717) is 0 Å². The summed E-state index contributed by atoms with van der Waals surface area (Å²) in [7, 11) is 2.12. The molecule has 78 valence electrons. The van der Waals surface area contributed by atoms with Crippen LogP contribution in [-0.2, 0) is 6.54 Å². The van der Waals surface area contributed by atoms with Crippen molar-refractivity contribution in [2.45, 2.75) is 25.9 Å². The molecule has 0 bridgehead atoms. The maximum Gasteiger partial charge on any atom is 0.0544 e. The zero-order chi connectivity index (χ0) is 10.6. The number of hydrogen-bond donors (Lipinski definition) is 0. The average molecular weight is 257 g/mol. The van der Waals surface area contributed by atoms with Gasteiger partial charge >= 0.3 is 0 Å². The molecule has 0 saturated heterocycles. The Balaban J connectivity index is 2.62. The molecule has 2 nitrogen and oxygen atoms in total. The summed E-state index contributed by atoms with van der Waals surface area (Å²) in [6.07, 6.45) is 1.84. The summed E-state index contributed by atoms with van der Waals surface area (Å²) in [5.41, 5.74) is 1.28. The molecular formula is C11H17BrN2. The van der Waals surface area contributed by atoms with Crippen LogP contribution in [0.1, 0.15) is 19.5 Å². The smallest absolute Gasteiger partial charge is 0.0544 e. The third-order valence-corrected chi connectivity index (χ3v) is 3.86. The van der Waals surface area contributed by atoms with E-state index in [4.69, 9.17) is 0 Å². The largest absolute Gasteiger partial charge is 0.295 e. The van der Waals surface area contributed by atoms with Crippen LogP contribution < -0.4 is 0 Å². The van der Waals surface area contributed by atoms with Crippen LogP contribution >= 0.6 is 15.9 Å². The number of halogens is 1. The molecule has 0 saturated carbocycles. The van der Waals surface area contributed by atoms with Crippen molar-refractivity contribution in [3.05, 3.63) is 30.1 Å². The van der Waals surface area contributed by atoms with E-state index >= 15 is 0 Å². The minimum Gasteiger partial charge on any atom is -0.295 e. The van der Waals surface area contributed by atoms with Gasteiger partial charge < -0.3 is 0 Å². The quantitative estimate of drug-likeness (QED) is 0.771. The van der Waals surface area contributed by atoms with Gasteiger partial charge in [0.1, 0.15) is 0 Å². The molecule has 1 heterocycles. The van der Waals surface area contributed by atoms with E-state index in [-0.39, 0.29) is 5.54 Å². The fraction of sp³-hybridized carbons (Fsp3) is 0.545. The van der Waals surface area contributed by atoms with Crippen molar-refractivity contribution >= 4 is 15.9 Å². The zero-order valence-corrected chi connectivity index (χ0v) is 10.6. The number of nitrogens with zero attached hydrogens (tertiary/aromatic N) is 2. The van der Waals surface area contributed by atoms with Crippen molar-refractivity contribution < 1.29 is 0 Å². The molecule has 0 radical (unpaired) electrons. The van der Waals surface area contributed by atoms with Gasteiger partial charge in [0.05, 0.1) is 5.69 Å². The lowest BCUT2D eigenvalue weighted by atomic mass is 10.1. The first-order chi connectivity index (χ1) is 6.56. The number of rotatable bonds is 4. The molecule has 0 N–H and O–H groups in total. The third-order valence-electron chi connectivity index (χ3n) is 2.49. The molecule has 1 aromatic heterocycles. The molecule has 0 aromatic carbocycles. The Morgan fingerprint density at radius 3 is 2.64 bits per heavy atom. The lowest BCUT2D eigenvalue weighted by Crippen LogP contribution is -2.42. The Hall–Kier alpha value is -0.410. The summed E-state index contributed by atoms with van der Waals surface area (Å²) in [5, 5.41) is 0.962. The van der Waals surface area contributed by atoms with Gasteiger partial charge in [-0.15, -0.1) is 0 Å². The van der Waals surface area contributed by atoms with E-state index in [9.17, 15) is 0 Å². The normalized spacial score (nSPS) is 12.1. The third kappa shape index (κ3) is 3.07. The summed E-state index contributed by atoms with van der Waals surface area (Å²) >= 11 is 3.52. The van der Waals surface area contributed by atoms with Gasteiger partial charge in [0.2, 0.25) is 0 Å². The highest BCUT2D eigenvalue weighted by Gasteiger charge is 2.21. The van der Waals surface area contributed by atoms with Crippen LogP contribution in [0.4, 0.5) is 0 Å². The van der Waals surface area contributed by atoms with Crippen LogP contribution in [0, 0.1) is 0 Å². The molecule has 0 unspecified atom stereocenters. The van der Waals surface area contributed by atoms with Gasteiger partial charge in [0, 0.05) is 23.6 Å². The van der Waals surface area contributed by atoms with Crippen LogP contribution in [0.2, 0.25) is 0 Å². The summed E-state index contributed by atoms with van der Waals surface area (Å²) in [4.78, 5) is 6.61. The molecule has 0 atom stereocenters. The van der Waals surface area contributed by atoms with Crippen LogP contribution in [0.5, 0.6) is 0 Å². The van der Waals surface area contributed by atoms with Crippen LogP contribution in [0.25, 0.3) is 0 Å². The minimum atomic E-state index is 0.164. The number of hydrogen-bond acceptors (Lipinski definition) is 2. The van der Waals surface area contributed by atoms with Gasteiger partial charge in [-0.1, -0.05) is 22.0 Å². The first-order valence-electron chi connectivity index (χ1n) is 4.73. The second-order valence-electron chi connectivity index (χ2n) is 4.12. The van der Waals surface area contributed by atoms with E-state index in [1.807, 2.05) is 18.3 Å². The Kier molecular flexibility index (Phi) is 4.08. The molecule has 0 aliphatic carbocycles. The lowest BCUT2D eigenvalue weighted by Gasteiger charge is -2.33. The second-order valence-corrected chi connectivity index (χ2v) is 4.68. The standard InChI is InChI=1S/C11H17BrN2/c1-11(2,9-12)14(3)8-10-6-4-5-7-13-10/h4-7H,8-9H2,1-3H3. The van der Waals surface area contributed by atoms with E-state index in [1.165, 1.54) is 0 Å². The first-order valence-corrected chi connectivity index (χ1v) is 5.85. The molecular weight excluding hydrogens is 240 g/mol. The van der Waals surface area contributed by atoms with Gasteiger partial charge in [0.15, 0.2) is 0 Å². The molecule has 0 fully saturated rings. The van der Waals surface area contributed by atoms with E-state index in [2.05, 4.69) is 52.8 Å². The van der Waals surface area contributed by atoms with Gasteiger partial charge in [-0.05, 0) is 33.0 Å². The molecule has 0 aliphatic heterocycles. The van der Waals surface area contributed by atoms with E-state index < -0.39 is 0 Å². The van der Waals surface area contributed by atoms with Crippen LogP contribution in [0.3, 0.4) is 0 Å². The molecule has 14 heavy (non-hydrogen) atoms. The van der Waals surface area contributed by atoms with Crippen molar-refractivity contribution in [2.24, 2.45) is 0 Å². The Morgan fingerprint density at radius 1 is 1.43 bits per heavy atom. The monoisotopic (exact) mass is 256 g/mol. The van der Waals surface area contributed by atoms with Gasteiger partial charge in [-0.25, -0.2) is 0 Å². The molecule has 0 aliphatic rings. The first kappa shape index (κ1) is 11.7. The molecule has 1 aromatic rings. The van der Waals surface area contributed by atoms with Crippen LogP contribution in [-0.4, -0.2) is 27.8 Å². The predicted molar refractivity (Wildman–Crippen MR) is 63.6 cm³/mol. The molecule has 1 rings (SSSR count). The number of alkyl halides is 1. The van der Waals surface area contributed by atoms with Crippen molar-refractivity contribution in [2.75, 3.05) is 12.4 Å². The van der Waals surface area contributed by atoms with Crippen LogP contribution in [0.15, 0.2) is 24.4 Å². The fourth-order valence-corrected chi connectivity index (χ4v) is 1.48. The van der Waals surface area contributed by atoms with Gasteiger partial charge in [-0.3, -0.25) is 9.88 Å². The van der Waals surface area contributed by atoms with E-state index in [1.54, 1.807) is 0 Å². The summed E-state index contributed by atoms with van der Waals surface area (Å²) in [6.45, 7) is 5.31. The molecule has 0 amide bonds. The van der Waals surface area contributed by atoms with Crippen molar-refractivity contribution in [1.29, 1.82) is 0 Å². The summed E-state index contributed by atoms with van der Waals surface area (Å²) in [6, 6.07) is 6.03. The van der Waals surface area contributed by atoms with Crippen molar-refractivity contribution in [1.82, 2.24) is 9.88 Å². The second kappa shape index (κ2) is 4.89.